The van der Waals surface area contributed by atoms with Gasteiger partial charge in [0.25, 0.3) is 0 Å². The van der Waals surface area contributed by atoms with Crippen molar-refractivity contribution in [3.8, 4) is 0 Å². The van der Waals surface area contributed by atoms with Crippen molar-refractivity contribution in [1.82, 2.24) is 5.32 Å². The fourth-order valence-corrected chi connectivity index (χ4v) is 2.41. The van der Waals surface area contributed by atoms with Crippen LogP contribution in [0.4, 0.5) is 0 Å². The molecule has 0 aliphatic carbocycles. The molecule has 104 valence electrons. The van der Waals surface area contributed by atoms with E-state index in [-0.39, 0.29) is 0 Å². The van der Waals surface area contributed by atoms with Gasteiger partial charge in [0.1, 0.15) is 0 Å². The Morgan fingerprint density at radius 2 is 2.06 bits per heavy atom. The third-order valence-electron chi connectivity index (χ3n) is 2.77. The standard InChI is InChI=1S/C15H27NOS/c1-14(2)12-16-9-5-3-4-6-10-17-13-15-8-7-11-18-15/h7-8,11,14,16H,3-6,9-10,12-13H2,1-2H3. The Labute approximate surface area is 116 Å². The van der Waals surface area contributed by atoms with E-state index in [0.29, 0.717) is 0 Å². The van der Waals surface area contributed by atoms with Gasteiger partial charge in [0.15, 0.2) is 0 Å². The highest BCUT2D eigenvalue weighted by Crippen LogP contribution is 2.10. The van der Waals surface area contributed by atoms with Crippen molar-refractivity contribution in [3.05, 3.63) is 22.4 Å². The number of unbranched alkanes of at least 4 members (excludes halogenated alkanes) is 3. The second kappa shape index (κ2) is 10.5. The predicted molar refractivity (Wildman–Crippen MR) is 80.2 cm³/mol. The molecule has 0 amide bonds. The molecule has 0 atom stereocenters. The van der Waals surface area contributed by atoms with Crippen molar-refractivity contribution < 1.29 is 4.74 Å². The smallest absolute Gasteiger partial charge is 0.0809 e. The maximum Gasteiger partial charge on any atom is 0.0809 e. The van der Waals surface area contributed by atoms with Crippen LogP contribution in [0, 0.1) is 5.92 Å². The van der Waals surface area contributed by atoms with Crippen LogP contribution in [0.2, 0.25) is 0 Å². The lowest BCUT2D eigenvalue weighted by Gasteiger charge is -2.07. The van der Waals surface area contributed by atoms with E-state index in [0.717, 1.165) is 32.2 Å². The molecule has 3 heteroatoms. The van der Waals surface area contributed by atoms with E-state index in [1.165, 1.54) is 30.6 Å². The van der Waals surface area contributed by atoms with Crippen LogP contribution in [0.15, 0.2) is 17.5 Å². The molecular formula is C15H27NOS. The molecule has 0 unspecified atom stereocenters. The van der Waals surface area contributed by atoms with E-state index in [9.17, 15) is 0 Å². The van der Waals surface area contributed by atoms with Gasteiger partial charge in [0, 0.05) is 11.5 Å². The Balaban J connectivity index is 1.76. The molecule has 1 N–H and O–H groups in total. The van der Waals surface area contributed by atoms with Crippen LogP contribution in [0.3, 0.4) is 0 Å². The molecule has 0 fully saturated rings. The van der Waals surface area contributed by atoms with Crippen LogP contribution in [-0.2, 0) is 11.3 Å². The number of rotatable bonds is 11. The van der Waals surface area contributed by atoms with E-state index in [1.54, 1.807) is 11.3 Å². The zero-order valence-electron chi connectivity index (χ0n) is 11.8. The molecule has 1 rings (SSSR count). The average molecular weight is 269 g/mol. The minimum Gasteiger partial charge on any atom is -0.376 e. The highest BCUT2D eigenvalue weighted by Gasteiger charge is 1.95. The van der Waals surface area contributed by atoms with E-state index in [1.807, 2.05) is 0 Å². The van der Waals surface area contributed by atoms with Crippen molar-refractivity contribution in [2.24, 2.45) is 5.92 Å². The van der Waals surface area contributed by atoms with Crippen LogP contribution < -0.4 is 5.32 Å². The van der Waals surface area contributed by atoms with Gasteiger partial charge in [-0.1, -0.05) is 32.8 Å². The van der Waals surface area contributed by atoms with Gasteiger partial charge in [-0.3, -0.25) is 0 Å². The van der Waals surface area contributed by atoms with Gasteiger partial charge in [0.2, 0.25) is 0 Å². The quantitative estimate of drug-likeness (QED) is 0.611. The first-order valence-electron chi connectivity index (χ1n) is 7.10. The number of hydrogen-bond acceptors (Lipinski definition) is 3. The van der Waals surface area contributed by atoms with Crippen molar-refractivity contribution in [3.63, 3.8) is 0 Å². The topological polar surface area (TPSA) is 21.3 Å². The summed E-state index contributed by atoms with van der Waals surface area (Å²) in [6.07, 6.45) is 5.08. The Hall–Kier alpha value is -0.380. The summed E-state index contributed by atoms with van der Waals surface area (Å²) in [5, 5.41) is 5.58. The Morgan fingerprint density at radius 1 is 1.22 bits per heavy atom. The number of hydrogen-bond donors (Lipinski definition) is 1. The van der Waals surface area contributed by atoms with Gasteiger partial charge in [-0.25, -0.2) is 0 Å². The summed E-state index contributed by atoms with van der Waals surface area (Å²) >= 11 is 1.77. The van der Waals surface area contributed by atoms with Crippen LogP contribution >= 0.6 is 11.3 Å². The van der Waals surface area contributed by atoms with Crippen molar-refractivity contribution in [2.45, 2.75) is 46.1 Å². The molecule has 0 bridgehead atoms. The van der Waals surface area contributed by atoms with Crippen LogP contribution in [0.25, 0.3) is 0 Å². The summed E-state index contributed by atoms with van der Waals surface area (Å²) in [5.41, 5.74) is 0. The van der Waals surface area contributed by atoms with Crippen molar-refractivity contribution in [1.29, 1.82) is 0 Å². The molecule has 0 spiro atoms. The third kappa shape index (κ3) is 8.67. The second-order valence-corrected chi connectivity index (χ2v) is 6.18. The molecule has 0 saturated heterocycles. The van der Waals surface area contributed by atoms with Crippen molar-refractivity contribution >= 4 is 11.3 Å². The lowest BCUT2D eigenvalue weighted by Crippen LogP contribution is -2.20. The van der Waals surface area contributed by atoms with Crippen LogP contribution in [0.5, 0.6) is 0 Å². The van der Waals surface area contributed by atoms with E-state index < -0.39 is 0 Å². The van der Waals surface area contributed by atoms with E-state index in [4.69, 9.17) is 4.74 Å². The van der Waals surface area contributed by atoms with Gasteiger partial charge in [-0.05, 0) is 43.3 Å². The van der Waals surface area contributed by atoms with Gasteiger partial charge in [-0.2, -0.15) is 0 Å². The number of nitrogens with one attached hydrogen (secondary N) is 1. The Kier molecular flexibility index (Phi) is 9.17. The molecule has 1 heterocycles. The predicted octanol–water partition coefficient (Wildman–Crippen LogP) is 4.07. The molecule has 1 aromatic heterocycles. The zero-order valence-corrected chi connectivity index (χ0v) is 12.6. The van der Waals surface area contributed by atoms with Crippen LogP contribution in [-0.4, -0.2) is 19.7 Å². The van der Waals surface area contributed by atoms with E-state index in [2.05, 4.69) is 36.7 Å². The molecule has 0 aromatic carbocycles. The Bertz CT molecular complexity index is 272. The molecule has 1 aromatic rings. The second-order valence-electron chi connectivity index (χ2n) is 5.14. The van der Waals surface area contributed by atoms with Crippen LogP contribution in [0.1, 0.15) is 44.4 Å². The molecule has 18 heavy (non-hydrogen) atoms. The lowest BCUT2D eigenvalue weighted by atomic mass is 10.2. The summed E-state index contributed by atoms with van der Waals surface area (Å²) in [5.74, 6) is 0.760. The monoisotopic (exact) mass is 269 g/mol. The van der Waals surface area contributed by atoms with Gasteiger partial charge < -0.3 is 10.1 Å². The summed E-state index contributed by atoms with van der Waals surface area (Å²) < 4.78 is 5.63. The maximum absolute atomic E-state index is 5.63. The summed E-state index contributed by atoms with van der Waals surface area (Å²) in [6.45, 7) is 8.49. The molecule has 0 radical (unpaired) electrons. The largest absolute Gasteiger partial charge is 0.376 e. The van der Waals surface area contributed by atoms with Crippen molar-refractivity contribution in [2.75, 3.05) is 19.7 Å². The summed E-state index contributed by atoms with van der Waals surface area (Å²) in [6, 6.07) is 4.21. The fraction of sp³-hybridized carbons (Fsp3) is 0.733. The minimum absolute atomic E-state index is 0.760. The SMILES string of the molecule is CC(C)CNCCCCCCOCc1cccs1. The molecule has 2 nitrogen and oxygen atoms in total. The summed E-state index contributed by atoms with van der Waals surface area (Å²) in [7, 11) is 0. The molecular weight excluding hydrogens is 242 g/mol. The molecule has 0 saturated carbocycles. The zero-order chi connectivity index (χ0) is 13.1. The Morgan fingerprint density at radius 3 is 2.78 bits per heavy atom. The fourth-order valence-electron chi connectivity index (χ4n) is 1.77. The number of ether oxygens (including phenoxy) is 1. The average Bonchev–Trinajstić information content (AvgIpc) is 2.84. The number of thiophene rings is 1. The van der Waals surface area contributed by atoms with Gasteiger partial charge in [-0.15, -0.1) is 11.3 Å². The third-order valence-corrected chi connectivity index (χ3v) is 3.62. The molecule has 0 aliphatic heterocycles. The van der Waals surface area contributed by atoms with Gasteiger partial charge >= 0.3 is 0 Å². The van der Waals surface area contributed by atoms with Gasteiger partial charge in [0.05, 0.1) is 6.61 Å². The highest BCUT2D eigenvalue weighted by atomic mass is 32.1. The minimum atomic E-state index is 0.760. The van der Waals surface area contributed by atoms with E-state index >= 15 is 0 Å². The molecule has 0 aliphatic rings. The first kappa shape index (κ1) is 15.7. The summed E-state index contributed by atoms with van der Waals surface area (Å²) in [4.78, 5) is 1.33. The normalized spacial score (nSPS) is 11.3. The highest BCUT2D eigenvalue weighted by molar-refractivity contribution is 7.09. The maximum atomic E-state index is 5.63. The first-order chi connectivity index (χ1) is 8.79. The lowest BCUT2D eigenvalue weighted by molar-refractivity contribution is 0.119. The first-order valence-corrected chi connectivity index (χ1v) is 7.98.